The highest BCUT2D eigenvalue weighted by molar-refractivity contribution is 5.79. The zero-order chi connectivity index (χ0) is 19.9. The molecule has 1 aromatic heterocycles. The summed E-state index contributed by atoms with van der Waals surface area (Å²) in [6, 6.07) is 12.3. The lowest BCUT2D eigenvalue weighted by atomic mass is 10.1. The summed E-state index contributed by atoms with van der Waals surface area (Å²) >= 11 is 0. The zero-order valence-electron chi connectivity index (χ0n) is 15.9. The van der Waals surface area contributed by atoms with Crippen molar-refractivity contribution in [1.82, 2.24) is 0 Å². The van der Waals surface area contributed by atoms with Crippen molar-refractivity contribution in [2.75, 3.05) is 13.2 Å². The Morgan fingerprint density at radius 3 is 2.68 bits per heavy atom. The van der Waals surface area contributed by atoms with Crippen molar-refractivity contribution >= 4 is 16.9 Å². The molecule has 0 aliphatic carbocycles. The highest BCUT2D eigenvalue weighted by atomic mass is 16.6. The van der Waals surface area contributed by atoms with Crippen LogP contribution in [0.2, 0.25) is 0 Å². The van der Waals surface area contributed by atoms with Gasteiger partial charge in [-0.25, -0.2) is 4.79 Å². The highest BCUT2D eigenvalue weighted by Gasteiger charge is 2.12. The molecule has 2 aromatic carbocycles. The van der Waals surface area contributed by atoms with Gasteiger partial charge in [-0.15, -0.1) is 0 Å². The van der Waals surface area contributed by atoms with Crippen molar-refractivity contribution in [3.8, 4) is 17.2 Å². The number of fused-ring (bicyclic) bond motifs is 1. The molecule has 0 amide bonds. The van der Waals surface area contributed by atoms with E-state index in [4.69, 9.17) is 18.6 Å². The predicted molar refractivity (Wildman–Crippen MR) is 105 cm³/mol. The normalized spacial score (nSPS) is 10.6. The maximum absolute atomic E-state index is 12.7. The van der Waals surface area contributed by atoms with Gasteiger partial charge in [0.25, 0.3) is 0 Å². The fraction of sp³-hybridized carbons (Fsp3) is 0.273. The van der Waals surface area contributed by atoms with Crippen LogP contribution in [0.15, 0.2) is 57.9 Å². The van der Waals surface area contributed by atoms with E-state index in [1.54, 1.807) is 18.2 Å². The Kier molecular flexibility index (Phi) is 6.32. The molecule has 3 rings (SSSR count). The van der Waals surface area contributed by atoms with Crippen LogP contribution in [0.1, 0.15) is 25.8 Å². The Morgan fingerprint density at radius 2 is 1.89 bits per heavy atom. The van der Waals surface area contributed by atoms with Crippen LogP contribution in [-0.2, 0) is 16.0 Å². The first kappa shape index (κ1) is 19.5. The van der Waals surface area contributed by atoms with Crippen LogP contribution in [0.3, 0.4) is 0 Å². The molecule has 28 heavy (non-hydrogen) atoms. The van der Waals surface area contributed by atoms with Gasteiger partial charge >= 0.3 is 5.97 Å². The first-order valence-electron chi connectivity index (χ1n) is 9.22. The minimum Gasteiger partial charge on any atom is -0.482 e. The standard InChI is InChI=1S/C22H22O6/c1-3-11-25-21(23)14-26-16-9-10-17-19(12-16)27-13-20(22(17)24)28-18-8-6-5-7-15(18)4-2/h5-10,12-13H,3-4,11,14H2,1-2H3. The molecule has 0 spiro atoms. The Balaban J connectivity index is 1.79. The Labute approximate surface area is 162 Å². The molecule has 0 saturated heterocycles. The van der Waals surface area contributed by atoms with E-state index < -0.39 is 5.97 Å². The number of hydrogen-bond acceptors (Lipinski definition) is 6. The lowest BCUT2D eigenvalue weighted by molar-refractivity contribution is -0.146. The van der Waals surface area contributed by atoms with E-state index in [9.17, 15) is 9.59 Å². The van der Waals surface area contributed by atoms with Gasteiger partial charge in [0.1, 0.15) is 23.3 Å². The Hall–Kier alpha value is -3.28. The van der Waals surface area contributed by atoms with Gasteiger partial charge in [0.2, 0.25) is 11.2 Å². The number of carbonyl (C=O) groups excluding carboxylic acids is 1. The second-order valence-corrected chi connectivity index (χ2v) is 6.16. The monoisotopic (exact) mass is 382 g/mol. The van der Waals surface area contributed by atoms with Gasteiger partial charge in [-0.3, -0.25) is 4.79 Å². The number of carbonyl (C=O) groups is 1. The van der Waals surface area contributed by atoms with Crippen LogP contribution in [0, 0.1) is 0 Å². The van der Waals surface area contributed by atoms with Crippen molar-refractivity contribution in [2.24, 2.45) is 0 Å². The molecule has 0 fully saturated rings. The minimum atomic E-state index is -0.443. The van der Waals surface area contributed by atoms with E-state index in [0.29, 0.717) is 29.1 Å². The predicted octanol–water partition coefficient (Wildman–Crippen LogP) is 4.48. The SMILES string of the molecule is CCCOC(=O)COc1ccc2c(=O)c(Oc3ccccc3CC)coc2c1. The lowest BCUT2D eigenvalue weighted by Gasteiger charge is -2.10. The number of aryl methyl sites for hydroxylation is 1. The van der Waals surface area contributed by atoms with Crippen LogP contribution in [0.5, 0.6) is 17.2 Å². The highest BCUT2D eigenvalue weighted by Crippen LogP contribution is 2.26. The van der Waals surface area contributed by atoms with Gasteiger partial charge in [0.05, 0.1) is 12.0 Å². The summed E-state index contributed by atoms with van der Waals surface area (Å²) in [6.07, 6.45) is 2.83. The maximum Gasteiger partial charge on any atom is 0.344 e. The van der Waals surface area contributed by atoms with Crippen LogP contribution >= 0.6 is 0 Å². The molecule has 0 N–H and O–H groups in total. The molecule has 0 radical (unpaired) electrons. The van der Waals surface area contributed by atoms with E-state index in [2.05, 4.69) is 0 Å². The van der Waals surface area contributed by atoms with E-state index in [1.807, 2.05) is 38.1 Å². The van der Waals surface area contributed by atoms with E-state index in [0.717, 1.165) is 18.4 Å². The van der Waals surface area contributed by atoms with Crippen molar-refractivity contribution in [1.29, 1.82) is 0 Å². The molecule has 0 aliphatic rings. The second-order valence-electron chi connectivity index (χ2n) is 6.16. The molecule has 6 nitrogen and oxygen atoms in total. The maximum atomic E-state index is 12.7. The van der Waals surface area contributed by atoms with Crippen molar-refractivity contribution in [3.63, 3.8) is 0 Å². The summed E-state index contributed by atoms with van der Waals surface area (Å²) in [5.41, 5.74) is 1.07. The van der Waals surface area contributed by atoms with E-state index in [1.165, 1.54) is 6.26 Å². The van der Waals surface area contributed by atoms with Crippen LogP contribution in [0.25, 0.3) is 11.0 Å². The van der Waals surface area contributed by atoms with Gasteiger partial charge in [0.15, 0.2) is 6.61 Å². The average Bonchev–Trinajstić information content (AvgIpc) is 2.73. The third-order valence-electron chi connectivity index (χ3n) is 4.11. The smallest absolute Gasteiger partial charge is 0.344 e. The van der Waals surface area contributed by atoms with Gasteiger partial charge in [-0.2, -0.15) is 0 Å². The molecule has 0 aliphatic heterocycles. The van der Waals surface area contributed by atoms with Gasteiger partial charge in [-0.1, -0.05) is 32.0 Å². The number of para-hydroxylation sites is 1. The summed E-state index contributed by atoms with van der Waals surface area (Å²) in [6.45, 7) is 4.09. The summed E-state index contributed by atoms with van der Waals surface area (Å²) in [5, 5.41) is 0.368. The second kappa shape index (κ2) is 9.08. The third-order valence-corrected chi connectivity index (χ3v) is 4.11. The largest absolute Gasteiger partial charge is 0.482 e. The molecular weight excluding hydrogens is 360 g/mol. The van der Waals surface area contributed by atoms with Crippen LogP contribution in [-0.4, -0.2) is 19.2 Å². The molecule has 0 saturated carbocycles. The zero-order valence-corrected chi connectivity index (χ0v) is 15.9. The average molecular weight is 382 g/mol. The van der Waals surface area contributed by atoms with E-state index in [-0.39, 0.29) is 17.8 Å². The van der Waals surface area contributed by atoms with Crippen LogP contribution in [0.4, 0.5) is 0 Å². The molecule has 0 bridgehead atoms. The summed E-state index contributed by atoms with van der Waals surface area (Å²) in [4.78, 5) is 24.3. The summed E-state index contributed by atoms with van der Waals surface area (Å²) in [7, 11) is 0. The Bertz CT molecular complexity index is 1020. The first-order valence-corrected chi connectivity index (χ1v) is 9.22. The molecule has 6 heteroatoms. The summed E-state index contributed by atoms with van der Waals surface area (Å²) in [5.74, 6) is 0.711. The fourth-order valence-electron chi connectivity index (χ4n) is 2.66. The fourth-order valence-corrected chi connectivity index (χ4v) is 2.66. The number of benzene rings is 2. The van der Waals surface area contributed by atoms with Crippen LogP contribution < -0.4 is 14.9 Å². The minimum absolute atomic E-state index is 0.116. The van der Waals surface area contributed by atoms with Crippen molar-refractivity contribution in [2.45, 2.75) is 26.7 Å². The quantitative estimate of drug-likeness (QED) is 0.535. The Morgan fingerprint density at radius 1 is 1.07 bits per heavy atom. The molecule has 146 valence electrons. The van der Waals surface area contributed by atoms with Gasteiger partial charge < -0.3 is 18.6 Å². The lowest BCUT2D eigenvalue weighted by Crippen LogP contribution is -2.15. The number of hydrogen-bond donors (Lipinski definition) is 0. The van der Waals surface area contributed by atoms with Crippen molar-refractivity contribution < 1.29 is 23.4 Å². The topological polar surface area (TPSA) is 75.0 Å². The first-order chi connectivity index (χ1) is 13.6. The number of esters is 1. The third kappa shape index (κ3) is 4.52. The number of rotatable bonds is 8. The molecule has 3 aromatic rings. The molecule has 0 atom stereocenters. The van der Waals surface area contributed by atoms with Gasteiger partial charge in [-0.05, 0) is 36.6 Å². The molecule has 1 heterocycles. The summed E-state index contributed by atoms with van der Waals surface area (Å²) < 4.78 is 21.7. The van der Waals surface area contributed by atoms with Crippen molar-refractivity contribution in [3.05, 3.63) is 64.5 Å². The molecule has 0 unspecified atom stereocenters. The van der Waals surface area contributed by atoms with Gasteiger partial charge in [0, 0.05) is 6.07 Å². The van der Waals surface area contributed by atoms with E-state index >= 15 is 0 Å². The molecular formula is C22H22O6. The number of ether oxygens (including phenoxy) is 3.